The minimum Gasteiger partial charge on any atom is -0.493 e. The quantitative estimate of drug-likeness (QED) is 0.429. The van der Waals surface area contributed by atoms with Crippen LogP contribution in [0.15, 0.2) is 71.3 Å². The fourth-order valence-corrected chi connectivity index (χ4v) is 3.81. The SMILES string of the molecule is COc1ccc(-c2cc(C(=O)NC[C@@H](c3ccco3)N(C)C)c3ccccc3n2)cc1OC. The van der Waals surface area contributed by atoms with E-state index < -0.39 is 0 Å². The summed E-state index contributed by atoms with van der Waals surface area (Å²) in [4.78, 5) is 20.1. The standard InChI is InChI=1S/C26H27N3O4/c1-29(2)22(23-10-7-13-33-23)16-27-26(30)19-15-21(28-20-9-6-5-8-18(19)20)17-11-12-24(31-3)25(14-17)32-4/h5-15,22H,16H2,1-4H3,(H,27,30)/t22-/m0/s1. The van der Waals surface area contributed by atoms with Crippen LogP contribution in [0.1, 0.15) is 22.2 Å². The molecule has 4 rings (SSSR count). The Morgan fingerprint density at radius 3 is 2.52 bits per heavy atom. The minimum atomic E-state index is -0.172. The summed E-state index contributed by atoms with van der Waals surface area (Å²) in [6.07, 6.45) is 1.64. The number of fused-ring (bicyclic) bond motifs is 1. The molecule has 1 N–H and O–H groups in total. The summed E-state index contributed by atoms with van der Waals surface area (Å²) in [6, 6.07) is 18.7. The Morgan fingerprint density at radius 1 is 1.03 bits per heavy atom. The number of methoxy groups -OCH3 is 2. The van der Waals surface area contributed by atoms with Gasteiger partial charge < -0.3 is 19.2 Å². The van der Waals surface area contributed by atoms with Crippen LogP contribution in [0.5, 0.6) is 11.5 Å². The Bertz CT molecular complexity index is 1250. The van der Waals surface area contributed by atoms with Gasteiger partial charge >= 0.3 is 0 Å². The molecule has 7 heteroatoms. The lowest BCUT2D eigenvalue weighted by molar-refractivity contribution is 0.0940. The molecule has 170 valence electrons. The van der Waals surface area contributed by atoms with Gasteiger partial charge in [-0.3, -0.25) is 9.69 Å². The average Bonchev–Trinajstić information content (AvgIpc) is 3.37. The molecule has 0 unspecified atom stereocenters. The number of amides is 1. The number of carbonyl (C=O) groups is 1. The van der Waals surface area contributed by atoms with Gasteiger partial charge in [0.2, 0.25) is 0 Å². The van der Waals surface area contributed by atoms with Crippen molar-refractivity contribution in [2.24, 2.45) is 0 Å². The van der Waals surface area contributed by atoms with Crippen molar-refractivity contribution in [3.8, 4) is 22.8 Å². The second-order valence-corrected chi connectivity index (χ2v) is 7.85. The highest BCUT2D eigenvalue weighted by atomic mass is 16.5. The van der Waals surface area contributed by atoms with Gasteiger partial charge in [0.15, 0.2) is 11.5 Å². The van der Waals surface area contributed by atoms with E-state index in [0.717, 1.165) is 22.2 Å². The topological polar surface area (TPSA) is 76.8 Å². The molecule has 2 aromatic heterocycles. The van der Waals surface area contributed by atoms with Gasteiger partial charge in [0.1, 0.15) is 5.76 Å². The lowest BCUT2D eigenvalue weighted by Crippen LogP contribution is -2.34. The normalized spacial score (nSPS) is 12.0. The van der Waals surface area contributed by atoms with Crippen LogP contribution in [0.4, 0.5) is 0 Å². The van der Waals surface area contributed by atoms with Crippen LogP contribution >= 0.6 is 0 Å². The summed E-state index contributed by atoms with van der Waals surface area (Å²) < 4.78 is 16.3. The molecule has 33 heavy (non-hydrogen) atoms. The summed E-state index contributed by atoms with van der Waals surface area (Å²) in [5.74, 6) is 1.86. The fourth-order valence-electron chi connectivity index (χ4n) is 3.81. The van der Waals surface area contributed by atoms with Crippen LogP contribution in [0, 0.1) is 0 Å². The summed E-state index contributed by atoms with van der Waals surface area (Å²) in [7, 11) is 7.10. The van der Waals surface area contributed by atoms with Crippen LogP contribution in [-0.4, -0.2) is 50.7 Å². The van der Waals surface area contributed by atoms with E-state index in [9.17, 15) is 4.79 Å². The van der Waals surface area contributed by atoms with Crippen LogP contribution in [0.3, 0.4) is 0 Å². The second-order valence-electron chi connectivity index (χ2n) is 7.85. The maximum atomic E-state index is 13.3. The number of nitrogens with zero attached hydrogens (tertiary/aromatic N) is 2. The van der Waals surface area contributed by atoms with Crippen molar-refractivity contribution >= 4 is 16.8 Å². The summed E-state index contributed by atoms with van der Waals surface area (Å²) in [6.45, 7) is 0.404. The molecular formula is C26H27N3O4. The van der Waals surface area contributed by atoms with Gasteiger partial charge in [0, 0.05) is 17.5 Å². The summed E-state index contributed by atoms with van der Waals surface area (Å²) in [5, 5.41) is 3.86. The number of hydrogen-bond acceptors (Lipinski definition) is 6. The van der Waals surface area contributed by atoms with E-state index >= 15 is 0 Å². The summed E-state index contributed by atoms with van der Waals surface area (Å²) >= 11 is 0. The number of likely N-dealkylation sites (N-methyl/N-ethyl adjacent to an activating group) is 1. The van der Waals surface area contributed by atoms with Crippen molar-refractivity contribution in [2.75, 3.05) is 34.9 Å². The van der Waals surface area contributed by atoms with Gasteiger partial charge in [0.05, 0.1) is 43.3 Å². The first-order valence-corrected chi connectivity index (χ1v) is 10.6. The number of pyridine rings is 1. The molecule has 1 atom stereocenters. The van der Waals surface area contributed by atoms with Crippen molar-refractivity contribution in [3.05, 3.63) is 78.3 Å². The van der Waals surface area contributed by atoms with Crippen molar-refractivity contribution in [1.82, 2.24) is 15.2 Å². The van der Waals surface area contributed by atoms with Gasteiger partial charge in [-0.05, 0) is 56.6 Å². The third-order valence-corrected chi connectivity index (χ3v) is 5.59. The van der Waals surface area contributed by atoms with Crippen molar-refractivity contribution in [3.63, 3.8) is 0 Å². The van der Waals surface area contributed by atoms with E-state index in [1.165, 1.54) is 0 Å². The number of ether oxygens (including phenoxy) is 2. The minimum absolute atomic E-state index is 0.0811. The van der Waals surface area contributed by atoms with E-state index in [1.54, 1.807) is 20.5 Å². The first-order valence-electron chi connectivity index (χ1n) is 10.6. The Kier molecular flexibility index (Phi) is 6.60. The molecule has 0 saturated carbocycles. The highest BCUT2D eigenvalue weighted by Crippen LogP contribution is 2.33. The lowest BCUT2D eigenvalue weighted by atomic mass is 10.0. The molecule has 0 spiro atoms. The van der Waals surface area contributed by atoms with Crippen molar-refractivity contribution in [2.45, 2.75) is 6.04 Å². The predicted octanol–water partition coefficient (Wildman–Crippen LogP) is 4.54. The molecule has 4 aromatic rings. The monoisotopic (exact) mass is 445 g/mol. The maximum absolute atomic E-state index is 13.3. The van der Waals surface area contributed by atoms with Crippen LogP contribution < -0.4 is 14.8 Å². The van der Waals surface area contributed by atoms with E-state index in [1.807, 2.05) is 79.7 Å². The number of para-hydroxylation sites is 1. The summed E-state index contributed by atoms with van der Waals surface area (Å²) in [5.41, 5.74) is 2.80. The second kappa shape index (κ2) is 9.75. The molecule has 7 nitrogen and oxygen atoms in total. The Labute approximate surface area is 192 Å². The molecule has 0 radical (unpaired) electrons. The third kappa shape index (κ3) is 4.68. The molecule has 0 bridgehead atoms. The van der Waals surface area contributed by atoms with Crippen LogP contribution in [0.25, 0.3) is 22.2 Å². The van der Waals surface area contributed by atoms with Crippen LogP contribution in [0.2, 0.25) is 0 Å². The number of hydrogen-bond donors (Lipinski definition) is 1. The molecule has 1 amide bonds. The van der Waals surface area contributed by atoms with Gasteiger partial charge in [-0.25, -0.2) is 4.98 Å². The van der Waals surface area contributed by atoms with Crippen molar-refractivity contribution in [1.29, 1.82) is 0 Å². The number of nitrogens with one attached hydrogen (secondary N) is 1. The number of aromatic nitrogens is 1. The van der Waals surface area contributed by atoms with Gasteiger partial charge in [-0.15, -0.1) is 0 Å². The van der Waals surface area contributed by atoms with E-state index in [2.05, 4.69) is 5.32 Å². The molecule has 0 aliphatic rings. The molecule has 0 fully saturated rings. The Balaban J connectivity index is 1.69. The predicted molar refractivity (Wildman–Crippen MR) is 128 cm³/mol. The van der Waals surface area contributed by atoms with Gasteiger partial charge in [-0.1, -0.05) is 18.2 Å². The zero-order valence-electron chi connectivity index (χ0n) is 19.2. The lowest BCUT2D eigenvalue weighted by Gasteiger charge is -2.22. The molecule has 0 saturated heterocycles. The van der Waals surface area contributed by atoms with Gasteiger partial charge in [-0.2, -0.15) is 0 Å². The zero-order valence-corrected chi connectivity index (χ0v) is 19.2. The zero-order chi connectivity index (χ0) is 23.4. The fraction of sp³-hybridized carbons (Fsp3) is 0.231. The number of carbonyl (C=O) groups excluding carboxylic acids is 1. The van der Waals surface area contributed by atoms with Gasteiger partial charge in [0.25, 0.3) is 5.91 Å². The molecular weight excluding hydrogens is 418 g/mol. The Morgan fingerprint density at radius 2 is 1.82 bits per heavy atom. The largest absolute Gasteiger partial charge is 0.493 e. The molecule has 0 aliphatic carbocycles. The molecule has 2 heterocycles. The molecule has 0 aliphatic heterocycles. The number of benzene rings is 2. The van der Waals surface area contributed by atoms with E-state index in [-0.39, 0.29) is 11.9 Å². The first kappa shape index (κ1) is 22.4. The van der Waals surface area contributed by atoms with E-state index in [4.69, 9.17) is 18.9 Å². The number of furan rings is 1. The smallest absolute Gasteiger partial charge is 0.252 e. The number of rotatable bonds is 8. The molecule has 2 aromatic carbocycles. The van der Waals surface area contributed by atoms with Crippen molar-refractivity contribution < 1.29 is 18.7 Å². The third-order valence-electron chi connectivity index (χ3n) is 5.59. The highest BCUT2D eigenvalue weighted by Gasteiger charge is 2.20. The first-order chi connectivity index (χ1) is 16.0. The average molecular weight is 446 g/mol. The maximum Gasteiger partial charge on any atom is 0.252 e. The van der Waals surface area contributed by atoms with E-state index in [0.29, 0.717) is 29.3 Å². The Hall–Kier alpha value is -3.84. The van der Waals surface area contributed by atoms with Crippen LogP contribution in [-0.2, 0) is 0 Å². The highest BCUT2D eigenvalue weighted by molar-refractivity contribution is 6.07.